The first-order valence-corrected chi connectivity index (χ1v) is 9.14. The van der Waals surface area contributed by atoms with E-state index in [-0.39, 0.29) is 11.3 Å². The second-order valence-corrected chi connectivity index (χ2v) is 7.31. The van der Waals surface area contributed by atoms with Gasteiger partial charge < -0.3 is 5.32 Å². The van der Waals surface area contributed by atoms with Crippen LogP contribution in [0.25, 0.3) is 0 Å². The minimum Gasteiger partial charge on any atom is -0.354 e. The molecule has 0 bridgehead atoms. The lowest BCUT2D eigenvalue weighted by molar-refractivity contribution is -0.122. The largest absolute Gasteiger partial charge is 0.354 e. The van der Waals surface area contributed by atoms with E-state index in [2.05, 4.69) is 44.6 Å². The van der Waals surface area contributed by atoms with E-state index in [1.807, 2.05) is 10.7 Å². The number of carbonyl (C=O) groups is 1. The number of nitrogens with zero attached hydrogens (tertiary/aromatic N) is 4. The third-order valence-electron chi connectivity index (χ3n) is 5.57. The van der Waals surface area contributed by atoms with Crippen molar-refractivity contribution < 1.29 is 4.79 Å². The van der Waals surface area contributed by atoms with Crippen molar-refractivity contribution in [2.75, 3.05) is 19.6 Å². The van der Waals surface area contributed by atoms with Crippen LogP contribution >= 0.6 is 0 Å². The molecule has 0 radical (unpaired) electrons. The van der Waals surface area contributed by atoms with E-state index in [9.17, 15) is 4.79 Å². The Labute approximate surface area is 148 Å². The van der Waals surface area contributed by atoms with Gasteiger partial charge in [0.15, 0.2) is 0 Å². The van der Waals surface area contributed by atoms with E-state index in [0.29, 0.717) is 12.6 Å². The first kappa shape index (κ1) is 16.3. The van der Waals surface area contributed by atoms with E-state index in [0.717, 1.165) is 45.3 Å². The lowest BCUT2D eigenvalue weighted by atomic mass is 9.96. The fraction of sp³-hybridized carbons (Fsp3) is 0.526. The Morgan fingerprint density at radius 3 is 2.84 bits per heavy atom. The van der Waals surface area contributed by atoms with Gasteiger partial charge in [0.25, 0.3) is 0 Å². The van der Waals surface area contributed by atoms with Crippen molar-refractivity contribution in [2.24, 2.45) is 0 Å². The maximum Gasteiger partial charge on any atom is 0.234 e. The van der Waals surface area contributed by atoms with Crippen molar-refractivity contribution in [2.45, 2.75) is 43.7 Å². The molecule has 1 aromatic carbocycles. The molecule has 0 spiro atoms. The zero-order valence-electron chi connectivity index (χ0n) is 14.5. The minimum absolute atomic E-state index is 0.132. The van der Waals surface area contributed by atoms with Gasteiger partial charge in [0.1, 0.15) is 12.7 Å². The summed E-state index contributed by atoms with van der Waals surface area (Å²) in [6, 6.07) is 10.9. The maximum atomic E-state index is 12.5. The second kappa shape index (κ2) is 6.96. The molecule has 1 saturated heterocycles. The average Bonchev–Trinajstić information content (AvgIpc) is 3.02. The molecule has 2 aromatic rings. The molecule has 2 fully saturated rings. The number of rotatable bonds is 7. The fourth-order valence-electron chi connectivity index (χ4n) is 3.87. The quantitative estimate of drug-likeness (QED) is 0.832. The average molecular weight is 339 g/mol. The van der Waals surface area contributed by atoms with Gasteiger partial charge in [0.2, 0.25) is 5.91 Å². The Morgan fingerprint density at radius 1 is 1.28 bits per heavy atom. The zero-order chi connectivity index (χ0) is 17.1. The summed E-state index contributed by atoms with van der Waals surface area (Å²) in [5.74, 6) is 0.132. The minimum atomic E-state index is 0.132. The van der Waals surface area contributed by atoms with Crippen LogP contribution in [-0.2, 0) is 16.8 Å². The summed E-state index contributed by atoms with van der Waals surface area (Å²) in [6.07, 6.45) is 7.88. The predicted octanol–water partition coefficient (Wildman–Crippen LogP) is 1.59. The number of aromatic nitrogens is 3. The van der Waals surface area contributed by atoms with Crippen molar-refractivity contribution >= 4 is 5.91 Å². The zero-order valence-corrected chi connectivity index (χ0v) is 14.5. The van der Waals surface area contributed by atoms with Gasteiger partial charge in [-0.05, 0) is 37.8 Å². The molecule has 1 saturated carbocycles. The van der Waals surface area contributed by atoms with Gasteiger partial charge in [0, 0.05) is 18.0 Å². The number of hydrogen-bond acceptors (Lipinski definition) is 4. The predicted molar refractivity (Wildman–Crippen MR) is 95.0 cm³/mol. The molecule has 6 nitrogen and oxygen atoms in total. The van der Waals surface area contributed by atoms with Crippen LogP contribution in [-0.4, -0.2) is 51.2 Å². The smallest absolute Gasteiger partial charge is 0.234 e. The van der Waals surface area contributed by atoms with Gasteiger partial charge in [-0.3, -0.25) is 14.4 Å². The lowest BCUT2D eigenvalue weighted by Gasteiger charge is -2.24. The Balaban J connectivity index is 1.29. The van der Waals surface area contributed by atoms with Crippen LogP contribution < -0.4 is 5.32 Å². The van der Waals surface area contributed by atoms with E-state index < -0.39 is 0 Å². The molecule has 2 heterocycles. The van der Waals surface area contributed by atoms with Gasteiger partial charge in [-0.25, -0.2) is 4.98 Å². The summed E-state index contributed by atoms with van der Waals surface area (Å²) in [5, 5.41) is 7.36. The van der Waals surface area contributed by atoms with Crippen LogP contribution in [0.15, 0.2) is 43.0 Å². The normalized spacial score (nSPS) is 22.0. The fourth-order valence-corrected chi connectivity index (χ4v) is 3.87. The SMILES string of the molecule is O=C(CN1CCC[C@H]1Cn1cncn1)NCC1(c2ccccc2)CC1. The van der Waals surface area contributed by atoms with Gasteiger partial charge in [0.05, 0.1) is 13.1 Å². The molecule has 25 heavy (non-hydrogen) atoms. The number of hydrogen-bond donors (Lipinski definition) is 1. The third-order valence-corrected chi connectivity index (χ3v) is 5.57. The molecular formula is C19H25N5O. The Bertz CT molecular complexity index is 696. The molecule has 1 N–H and O–H groups in total. The van der Waals surface area contributed by atoms with Crippen molar-refractivity contribution in [3.63, 3.8) is 0 Å². The monoisotopic (exact) mass is 339 g/mol. The van der Waals surface area contributed by atoms with Crippen LogP contribution in [0.2, 0.25) is 0 Å². The standard InChI is InChI=1S/C19H25N5O/c25-18(21-13-19(8-9-19)16-5-2-1-3-6-16)12-23-10-4-7-17(23)11-24-15-20-14-22-24/h1-3,5-6,14-15,17H,4,7-13H2,(H,21,25)/t17-/m0/s1. The topological polar surface area (TPSA) is 63.1 Å². The molecule has 2 aliphatic rings. The number of nitrogens with one attached hydrogen (secondary N) is 1. The van der Waals surface area contributed by atoms with Gasteiger partial charge in [-0.2, -0.15) is 5.10 Å². The number of likely N-dealkylation sites (tertiary alicyclic amines) is 1. The second-order valence-electron chi connectivity index (χ2n) is 7.31. The molecule has 6 heteroatoms. The molecule has 1 amide bonds. The van der Waals surface area contributed by atoms with Crippen molar-refractivity contribution in [1.82, 2.24) is 25.0 Å². The molecule has 1 aliphatic carbocycles. The molecule has 1 aromatic heterocycles. The molecule has 1 aliphatic heterocycles. The first-order valence-electron chi connectivity index (χ1n) is 9.14. The highest BCUT2D eigenvalue weighted by molar-refractivity contribution is 5.78. The highest BCUT2D eigenvalue weighted by atomic mass is 16.2. The molecule has 132 valence electrons. The maximum absolute atomic E-state index is 12.5. The van der Waals surface area contributed by atoms with Crippen LogP contribution in [0.1, 0.15) is 31.2 Å². The van der Waals surface area contributed by atoms with Gasteiger partial charge >= 0.3 is 0 Å². The Morgan fingerprint density at radius 2 is 2.12 bits per heavy atom. The number of amides is 1. The van der Waals surface area contributed by atoms with Crippen molar-refractivity contribution in [1.29, 1.82) is 0 Å². The first-order chi connectivity index (χ1) is 12.3. The Kier molecular flexibility index (Phi) is 4.53. The number of carbonyl (C=O) groups excluding carboxylic acids is 1. The summed E-state index contributed by atoms with van der Waals surface area (Å²) >= 11 is 0. The highest BCUT2D eigenvalue weighted by Crippen LogP contribution is 2.47. The van der Waals surface area contributed by atoms with Crippen LogP contribution in [0.4, 0.5) is 0 Å². The molecular weight excluding hydrogens is 314 g/mol. The van der Waals surface area contributed by atoms with Crippen molar-refractivity contribution in [3.8, 4) is 0 Å². The molecule has 4 rings (SSSR count). The van der Waals surface area contributed by atoms with E-state index >= 15 is 0 Å². The lowest BCUT2D eigenvalue weighted by Crippen LogP contribution is -2.43. The third kappa shape index (κ3) is 3.74. The van der Waals surface area contributed by atoms with Crippen LogP contribution in [0.5, 0.6) is 0 Å². The van der Waals surface area contributed by atoms with Crippen molar-refractivity contribution in [3.05, 3.63) is 48.5 Å². The highest BCUT2D eigenvalue weighted by Gasteiger charge is 2.44. The van der Waals surface area contributed by atoms with E-state index in [4.69, 9.17) is 0 Å². The molecule has 0 unspecified atom stereocenters. The Hall–Kier alpha value is -2.21. The summed E-state index contributed by atoms with van der Waals surface area (Å²) in [7, 11) is 0. The van der Waals surface area contributed by atoms with Gasteiger partial charge in [-0.15, -0.1) is 0 Å². The summed E-state index contributed by atoms with van der Waals surface area (Å²) < 4.78 is 1.86. The van der Waals surface area contributed by atoms with E-state index in [1.54, 1.807) is 12.7 Å². The molecule has 1 atom stereocenters. The summed E-state index contributed by atoms with van der Waals surface area (Å²) in [5.41, 5.74) is 1.52. The summed E-state index contributed by atoms with van der Waals surface area (Å²) in [6.45, 7) is 3.01. The summed E-state index contributed by atoms with van der Waals surface area (Å²) in [4.78, 5) is 18.7. The number of benzene rings is 1. The van der Waals surface area contributed by atoms with E-state index in [1.165, 1.54) is 5.56 Å². The van der Waals surface area contributed by atoms with Crippen LogP contribution in [0.3, 0.4) is 0 Å². The van der Waals surface area contributed by atoms with Gasteiger partial charge in [-0.1, -0.05) is 30.3 Å². The van der Waals surface area contributed by atoms with Crippen LogP contribution in [0, 0.1) is 0 Å².